The Bertz CT molecular complexity index is 983. The zero-order valence-corrected chi connectivity index (χ0v) is 24.9. The van der Waals surface area contributed by atoms with Crippen LogP contribution in [-0.2, 0) is 33.3 Å². The van der Waals surface area contributed by atoms with Gasteiger partial charge in [0.2, 0.25) is 11.8 Å². The maximum atomic E-state index is 14.2. The van der Waals surface area contributed by atoms with Gasteiger partial charge in [-0.2, -0.15) is 0 Å². The Morgan fingerprint density at radius 3 is 2.68 bits per heavy atom. The third-order valence-electron chi connectivity index (χ3n) is 12.0. The van der Waals surface area contributed by atoms with Crippen LogP contribution in [0.25, 0.3) is 0 Å². The molecule has 2 N–H and O–H groups in total. The number of carbonyl (C=O) groups excluding carboxylic acids is 2. The Labute approximate surface area is 243 Å². The third-order valence-corrected chi connectivity index (χ3v) is 12.0. The van der Waals surface area contributed by atoms with E-state index in [0.29, 0.717) is 43.1 Å². The van der Waals surface area contributed by atoms with Crippen LogP contribution in [-0.4, -0.2) is 106 Å². The van der Waals surface area contributed by atoms with Crippen molar-refractivity contribution in [1.29, 1.82) is 0 Å². The largest absolute Gasteiger partial charge is 0.379 e. The summed E-state index contributed by atoms with van der Waals surface area (Å²) in [6.07, 6.45) is 8.51. The highest BCUT2D eigenvalue weighted by molar-refractivity contribution is 5.83. The molecular weight excluding hydrogens is 526 g/mol. The number of piperidine rings is 2. The van der Waals surface area contributed by atoms with Crippen LogP contribution in [0.3, 0.4) is 0 Å². The second-order valence-corrected chi connectivity index (χ2v) is 13.8. The van der Waals surface area contributed by atoms with Gasteiger partial charge in [0.15, 0.2) is 0 Å². The summed E-state index contributed by atoms with van der Waals surface area (Å²) in [6, 6.07) is 0.827. The van der Waals surface area contributed by atoms with Gasteiger partial charge >= 0.3 is 0 Å². The van der Waals surface area contributed by atoms with E-state index in [1.165, 1.54) is 0 Å². The van der Waals surface area contributed by atoms with E-state index in [1.807, 2.05) is 6.92 Å². The van der Waals surface area contributed by atoms with Gasteiger partial charge in [-0.05, 0) is 94.9 Å². The van der Waals surface area contributed by atoms with Crippen LogP contribution in [0.1, 0.15) is 64.7 Å². The molecule has 13 unspecified atom stereocenters. The molecule has 0 aromatic carbocycles. The number of ether oxygens (including phenoxy) is 5. The summed E-state index contributed by atoms with van der Waals surface area (Å²) >= 11 is 0. The molecule has 0 spiro atoms. The lowest BCUT2D eigenvalue weighted by Crippen LogP contribution is -2.70. The summed E-state index contributed by atoms with van der Waals surface area (Å²) in [6.45, 7) is 3.95. The first-order valence-corrected chi connectivity index (χ1v) is 16.3. The third kappa shape index (κ3) is 4.94. The van der Waals surface area contributed by atoms with Crippen LogP contribution in [0.4, 0.5) is 0 Å². The molecule has 41 heavy (non-hydrogen) atoms. The van der Waals surface area contributed by atoms with Crippen LogP contribution in [0.2, 0.25) is 0 Å². The van der Waals surface area contributed by atoms with E-state index in [2.05, 4.69) is 15.5 Å². The minimum absolute atomic E-state index is 0.0267. The van der Waals surface area contributed by atoms with Gasteiger partial charge in [-0.1, -0.05) is 0 Å². The normalized spacial score (nSPS) is 47.6. The molecule has 0 aromatic rings. The number of nitrogens with one attached hydrogen (secondary N) is 2. The van der Waals surface area contributed by atoms with Crippen molar-refractivity contribution in [1.82, 2.24) is 15.5 Å². The molecule has 14 atom stereocenters. The number of hydrogen-bond donors (Lipinski definition) is 2. The molecule has 0 bridgehead atoms. The first-order chi connectivity index (χ1) is 20.0. The fourth-order valence-electron chi connectivity index (χ4n) is 10.1. The maximum Gasteiger partial charge on any atom is 0.248 e. The average Bonchev–Trinajstić information content (AvgIpc) is 3.60. The molecule has 10 nitrogen and oxygen atoms in total. The summed E-state index contributed by atoms with van der Waals surface area (Å²) in [4.78, 5) is 29.5. The van der Waals surface area contributed by atoms with Crippen LogP contribution >= 0.6 is 0 Å². The predicted molar refractivity (Wildman–Crippen MR) is 149 cm³/mol. The quantitative estimate of drug-likeness (QED) is 0.474. The Kier molecular flexibility index (Phi) is 8.09. The Morgan fingerprint density at radius 2 is 1.85 bits per heavy atom. The van der Waals surface area contributed by atoms with E-state index < -0.39 is 6.10 Å². The lowest BCUT2D eigenvalue weighted by atomic mass is 9.64. The maximum absolute atomic E-state index is 14.2. The summed E-state index contributed by atoms with van der Waals surface area (Å²) in [7, 11) is 3.47. The summed E-state index contributed by atoms with van der Waals surface area (Å²) in [5, 5.41) is 7.00. The highest BCUT2D eigenvalue weighted by Gasteiger charge is 2.64. The number of methoxy groups -OCH3 is 2. The van der Waals surface area contributed by atoms with Crippen molar-refractivity contribution in [3.05, 3.63) is 0 Å². The minimum atomic E-state index is -0.485. The topological polar surface area (TPSA) is 108 Å². The molecule has 230 valence electrons. The number of rotatable bonds is 7. The van der Waals surface area contributed by atoms with Crippen molar-refractivity contribution in [2.24, 2.45) is 29.6 Å². The predicted octanol–water partition coefficient (Wildman–Crippen LogP) is 1.85. The number of fused-ring (bicyclic) bond motifs is 6. The Morgan fingerprint density at radius 1 is 1.00 bits per heavy atom. The molecule has 7 aliphatic rings. The van der Waals surface area contributed by atoms with Crippen LogP contribution in [0.5, 0.6) is 0 Å². The van der Waals surface area contributed by atoms with E-state index in [0.717, 1.165) is 64.3 Å². The Hall–Kier alpha value is -1.30. The SMILES string of the molecule is COC1CCC2C3NCCC4C5CC(O[C@H](C)C(=O)NCC6CCC7OCOC7C6)CCC5N(C(=O)C2C1OC)C43. The summed E-state index contributed by atoms with van der Waals surface area (Å²) < 4.78 is 29.5. The molecule has 10 heteroatoms. The second-order valence-electron chi connectivity index (χ2n) is 13.8. The minimum Gasteiger partial charge on any atom is -0.379 e. The van der Waals surface area contributed by atoms with Gasteiger partial charge in [0, 0.05) is 32.8 Å². The first-order valence-electron chi connectivity index (χ1n) is 16.3. The lowest BCUT2D eigenvalue weighted by molar-refractivity contribution is -0.175. The molecule has 0 radical (unpaired) electrons. The molecule has 2 amide bonds. The monoisotopic (exact) mass is 575 g/mol. The summed E-state index contributed by atoms with van der Waals surface area (Å²) in [5.41, 5.74) is 0. The number of nitrogens with zero attached hydrogens (tertiary/aromatic N) is 1. The van der Waals surface area contributed by atoms with Gasteiger partial charge in [-0.3, -0.25) is 9.59 Å². The molecule has 7 rings (SSSR count). The van der Waals surface area contributed by atoms with E-state index in [9.17, 15) is 9.59 Å². The van der Waals surface area contributed by atoms with Gasteiger partial charge in [-0.15, -0.1) is 0 Å². The van der Waals surface area contributed by atoms with E-state index in [1.54, 1.807) is 14.2 Å². The molecule has 3 aliphatic carbocycles. The smallest absolute Gasteiger partial charge is 0.248 e. The molecule has 0 aromatic heterocycles. The van der Waals surface area contributed by atoms with Gasteiger partial charge < -0.3 is 39.2 Å². The average molecular weight is 576 g/mol. The van der Waals surface area contributed by atoms with Crippen LogP contribution in [0, 0.1) is 29.6 Å². The van der Waals surface area contributed by atoms with Gasteiger partial charge in [0.25, 0.3) is 0 Å². The molecule has 4 saturated heterocycles. The van der Waals surface area contributed by atoms with Crippen molar-refractivity contribution in [3.8, 4) is 0 Å². The van der Waals surface area contributed by atoms with E-state index in [-0.39, 0.29) is 60.3 Å². The number of carbonyl (C=O) groups is 2. The fraction of sp³-hybridized carbons (Fsp3) is 0.935. The van der Waals surface area contributed by atoms with Gasteiger partial charge in [-0.25, -0.2) is 0 Å². The van der Waals surface area contributed by atoms with Crippen LogP contribution in [0.15, 0.2) is 0 Å². The Balaban J connectivity index is 0.982. The highest BCUT2D eigenvalue weighted by Crippen LogP contribution is 2.54. The highest BCUT2D eigenvalue weighted by atomic mass is 16.7. The second kappa shape index (κ2) is 11.7. The lowest BCUT2D eigenvalue weighted by Gasteiger charge is -2.55. The van der Waals surface area contributed by atoms with Gasteiger partial charge in [0.1, 0.15) is 12.9 Å². The van der Waals surface area contributed by atoms with Crippen LogP contribution < -0.4 is 10.6 Å². The fourth-order valence-corrected chi connectivity index (χ4v) is 10.1. The van der Waals surface area contributed by atoms with E-state index in [4.69, 9.17) is 23.7 Å². The standard InChI is InChI=1S/C31H49N3O7/c1-16(30(35)33-14-17-4-8-23-25(12-17)40-15-39-23)41-18-5-7-22-21(13-18)19-10-11-32-27-20-6-9-24(37-2)29(38-3)26(20)31(36)34(22)28(19)27/h16-29,32H,4-15H2,1-3H3,(H,33,35)/t16-,17?,18?,19?,20?,21?,22?,23?,24?,25?,26?,27?,28?,29?/m1/s1. The summed E-state index contributed by atoms with van der Waals surface area (Å²) in [5.74, 6) is 1.73. The van der Waals surface area contributed by atoms with Crippen molar-refractivity contribution in [2.75, 3.05) is 34.1 Å². The van der Waals surface area contributed by atoms with Crippen molar-refractivity contribution >= 4 is 11.8 Å². The van der Waals surface area contributed by atoms with Crippen molar-refractivity contribution < 1.29 is 33.3 Å². The van der Waals surface area contributed by atoms with Crippen molar-refractivity contribution in [2.45, 2.75) is 119 Å². The zero-order chi connectivity index (χ0) is 28.2. The number of amides is 2. The van der Waals surface area contributed by atoms with Gasteiger partial charge in [0.05, 0.1) is 42.5 Å². The number of hydrogen-bond acceptors (Lipinski definition) is 8. The molecule has 4 aliphatic heterocycles. The molecule has 3 saturated carbocycles. The zero-order valence-electron chi connectivity index (χ0n) is 24.9. The van der Waals surface area contributed by atoms with E-state index >= 15 is 0 Å². The first kappa shape index (κ1) is 28.5. The molecular formula is C31H49N3O7. The molecule has 4 heterocycles. The van der Waals surface area contributed by atoms with Crippen molar-refractivity contribution in [3.63, 3.8) is 0 Å². The molecule has 7 fully saturated rings.